The lowest BCUT2D eigenvalue weighted by molar-refractivity contribution is 0.0526. The van der Waals surface area contributed by atoms with Crippen molar-refractivity contribution in [3.63, 3.8) is 0 Å². The third-order valence-corrected chi connectivity index (χ3v) is 6.13. The van der Waals surface area contributed by atoms with E-state index in [0.717, 1.165) is 5.56 Å². The first-order valence-electron chi connectivity index (χ1n) is 9.67. The van der Waals surface area contributed by atoms with Gasteiger partial charge in [0, 0.05) is 11.3 Å². The summed E-state index contributed by atoms with van der Waals surface area (Å²) < 4.78 is 32.5. The summed E-state index contributed by atoms with van der Waals surface area (Å²) >= 11 is 6.23. The number of carbonyl (C=O) groups is 2. The second-order valence-electron chi connectivity index (χ2n) is 6.87. The molecular formula is C23H21ClN2O5S. The van der Waals surface area contributed by atoms with E-state index in [-0.39, 0.29) is 27.8 Å². The molecule has 0 heterocycles. The Morgan fingerprint density at radius 3 is 2.34 bits per heavy atom. The molecule has 3 rings (SSSR count). The number of hydrogen-bond acceptors (Lipinski definition) is 5. The molecule has 0 bridgehead atoms. The highest BCUT2D eigenvalue weighted by molar-refractivity contribution is 7.92. The highest BCUT2D eigenvalue weighted by Gasteiger charge is 2.17. The maximum Gasteiger partial charge on any atom is 0.338 e. The van der Waals surface area contributed by atoms with E-state index in [0.29, 0.717) is 11.3 Å². The largest absolute Gasteiger partial charge is 0.462 e. The van der Waals surface area contributed by atoms with Crippen LogP contribution in [0.5, 0.6) is 0 Å². The first-order valence-corrected chi connectivity index (χ1v) is 11.5. The second-order valence-corrected chi connectivity index (χ2v) is 8.96. The summed E-state index contributed by atoms with van der Waals surface area (Å²) in [6.07, 6.45) is 0. The highest BCUT2D eigenvalue weighted by atomic mass is 35.5. The Bertz CT molecular complexity index is 1260. The molecule has 0 aliphatic carbocycles. The zero-order valence-electron chi connectivity index (χ0n) is 17.4. The van der Waals surface area contributed by atoms with E-state index in [9.17, 15) is 18.0 Å². The fraction of sp³-hybridized carbons (Fsp3) is 0.130. The SMILES string of the molecule is CCOC(=O)c1cccc(NC(=O)c2ccc(NS(=O)(=O)c3ccc(C)cc3)c(Cl)c2)c1. The van der Waals surface area contributed by atoms with Crippen LogP contribution in [-0.2, 0) is 14.8 Å². The van der Waals surface area contributed by atoms with Crippen molar-refractivity contribution in [2.45, 2.75) is 18.7 Å². The Balaban J connectivity index is 1.75. The van der Waals surface area contributed by atoms with E-state index in [1.165, 1.54) is 36.4 Å². The monoisotopic (exact) mass is 472 g/mol. The lowest BCUT2D eigenvalue weighted by Crippen LogP contribution is -2.15. The standard InChI is InChI=1S/C23H21ClN2O5S/c1-3-31-23(28)17-5-4-6-18(13-17)25-22(27)16-9-12-21(20(24)14-16)26-32(29,30)19-10-7-15(2)8-11-19/h4-14,26H,3H2,1-2H3,(H,25,27). The van der Waals surface area contributed by atoms with Gasteiger partial charge in [-0.25, -0.2) is 13.2 Å². The molecular weight excluding hydrogens is 452 g/mol. The first kappa shape index (κ1) is 23.3. The second kappa shape index (κ2) is 9.84. The third-order valence-electron chi connectivity index (χ3n) is 4.44. The zero-order chi connectivity index (χ0) is 23.3. The van der Waals surface area contributed by atoms with Crippen LogP contribution in [0.4, 0.5) is 11.4 Å². The fourth-order valence-electron chi connectivity index (χ4n) is 2.80. The molecule has 9 heteroatoms. The molecule has 0 unspecified atom stereocenters. The lowest BCUT2D eigenvalue weighted by atomic mass is 10.1. The zero-order valence-corrected chi connectivity index (χ0v) is 19.0. The van der Waals surface area contributed by atoms with Gasteiger partial charge in [0.2, 0.25) is 0 Å². The Kier molecular flexibility index (Phi) is 7.17. The number of anilines is 2. The Morgan fingerprint density at radius 2 is 1.69 bits per heavy atom. The van der Waals surface area contributed by atoms with E-state index in [1.54, 1.807) is 37.3 Å². The molecule has 32 heavy (non-hydrogen) atoms. The molecule has 3 aromatic carbocycles. The van der Waals surface area contributed by atoms with Crippen LogP contribution in [-0.4, -0.2) is 26.9 Å². The normalized spacial score (nSPS) is 11.0. The molecule has 0 aliphatic heterocycles. The summed E-state index contributed by atoms with van der Waals surface area (Å²) in [6, 6.07) is 16.9. The van der Waals surface area contributed by atoms with Gasteiger partial charge in [-0.2, -0.15) is 0 Å². The number of amides is 1. The number of esters is 1. The van der Waals surface area contributed by atoms with Crippen molar-refractivity contribution in [1.29, 1.82) is 0 Å². The van der Waals surface area contributed by atoms with Crippen molar-refractivity contribution < 1.29 is 22.7 Å². The van der Waals surface area contributed by atoms with Crippen LogP contribution in [0.1, 0.15) is 33.2 Å². The maximum absolute atomic E-state index is 12.6. The molecule has 0 saturated carbocycles. The van der Waals surface area contributed by atoms with Gasteiger partial charge in [-0.1, -0.05) is 35.4 Å². The number of nitrogens with one attached hydrogen (secondary N) is 2. The number of aryl methyl sites for hydroxylation is 1. The van der Waals surface area contributed by atoms with E-state index in [4.69, 9.17) is 16.3 Å². The summed E-state index contributed by atoms with van der Waals surface area (Å²) in [5.41, 5.74) is 2.01. The summed E-state index contributed by atoms with van der Waals surface area (Å²) in [7, 11) is -3.83. The molecule has 0 atom stereocenters. The van der Waals surface area contributed by atoms with Gasteiger partial charge < -0.3 is 10.1 Å². The van der Waals surface area contributed by atoms with Crippen LogP contribution >= 0.6 is 11.6 Å². The Morgan fingerprint density at radius 1 is 0.969 bits per heavy atom. The van der Waals surface area contributed by atoms with Crippen molar-refractivity contribution in [3.8, 4) is 0 Å². The van der Waals surface area contributed by atoms with E-state index < -0.39 is 21.9 Å². The molecule has 3 aromatic rings. The Hall–Kier alpha value is -3.36. The Labute approximate surface area is 191 Å². The number of rotatable bonds is 7. The summed E-state index contributed by atoms with van der Waals surface area (Å²) in [5.74, 6) is -0.960. The minimum absolute atomic E-state index is 0.0635. The molecule has 0 saturated heterocycles. The number of hydrogen-bond donors (Lipinski definition) is 2. The van der Waals surface area contributed by atoms with Crippen LogP contribution < -0.4 is 10.0 Å². The molecule has 7 nitrogen and oxygen atoms in total. The predicted molar refractivity (Wildman–Crippen MR) is 124 cm³/mol. The van der Waals surface area contributed by atoms with Crippen LogP contribution in [0.3, 0.4) is 0 Å². The molecule has 0 radical (unpaired) electrons. The van der Waals surface area contributed by atoms with E-state index in [1.807, 2.05) is 6.92 Å². The predicted octanol–water partition coefficient (Wildman–Crippen LogP) is 4.88. The summed E-state index contributed by atoms with van der Waals surface area (Å²) in [4.78, 5) is 24.6. The lowest BCUT2D eigenvalue weighted by Gasteiger charge is -2.12. The van der Waals surface area contributed by atoms with Crippen molar-refractivity contribution in [2.75, 3.05) is 16.6 Å². The smallest absolute Gasteiger partial charge is 0.338 e. The number of carbonyl (C=O) groups excluding carboxylic acids is 2. The first-order chi connectivity index (χ1) is 15.2. The molecule has 166 valence electrons. The minimum atomic E-state index is -3.83. The minimum Gasteiger partial charge on any atom is -0.462 e. The average Bonchev–Trinajstić information content (AvgIpc) is 2.75. The molecule has 2 N–H and O–H groups in total. The van der Waals surface area contributed by atoms with Crippen LogP contribution in [0.25, 0.3) is 0 Å². The van der Waals surface area contributed by atoms with Gasteiger partial charge >= 0.3 is 5.97 Å². The number of benzene rings is 3. The van der Waals surface area contributed by atoms with Gasteiger partial charge in [-0.05, 0) is 62.4 Å². The van der Waals surface area contributed by atoms with Gasteiger partial charge in [0.05, 0.1) is 27.8 Å². The molecule has 0 fully saturated rings. The fourth-order valence-corrected chi connectivity index (χ4v) is 4.17. The molecule has 0 aliphatic rings. The number of ether oxygens (including phenoxy) is 1. The molecule has 1 amide bonds. The van der Waals surface area contributed by atoms with E-state index in [2.05, 4.69) is 10.0 Å². The van der Waals surface area contributed by atoms with Gasteiger partial charge in [0.15, 0.2) is 0 Å². The molecule has 0 spiro atoms. The highest BCUT2D eigenvalue weighted by Crippen LogP contribution is 2.26. The maximum atomic E-state index is 12.6. The van der Waals surface area contributed by atoms with Gasteiger partial charge in [0.1, 0.15) is 0 Å². The molecule has 0 aromatic heterocycles. The van der Waals surface area contributed by atoms with Crippen molar-refractivity contribution in [2.24, 2.45) is 0 Å². The van der Waals surface area contributed by atoms with Crippen molar-refractivity contribution in [1.82, 2.24) is 0 Å². The summed E-state index contributed by atoms with van der Waals surface area (Å²) in [6.45, 7) is 3.81. The van der Waals surface area contributed by atoms with Crippen LogP contribution in [0, 0.1) is 6.92 Å². The van der Waals surface area contributed by atoms with Crippen LogP contribution in [0.2, 0.25) is 5.02 Å². The van der Waals surface area contributed by atoms with Gasteiger partial charge in [-0.3, -0.25) is 9.52 Å². The number of sulfonamides is 1. The summed E-state index contributed by atoms with van der Waals surface area (Å²) in [5, 5.41) is 2.74. The van der Waals surface area contributed by atoms with Crippen molar-refractivity contribution >= 4 is 44.9 Å². The average molecular weight is 473 g/mol. The van der Waals surface area contributed by atoms with Gasteiger partial charge in [-0.15, -0.1) is 0 Å². The third kappa shape index (κ3) is 5.66. The quantitative estimate of drug-likeness (QED) is 0.477. The van der Waals surface area contributed by atoms with Gasteiger partial charge in [0.25, 0.3) is 15.9 Å². The van der Waals surface area contributed by atoms with Crippen LogP contribution in [0.15, 0.2) is 71.6 Å². The van der Waals surface area contributed by atoms with E-state index >= 15 is 0 Å². The topological polar surface area (TPSA) is 102 Å². The van der Waals surface area contributed by atoms with Crippen molar-refractivity contribution in [3.05, 3.63) is 88.4 Å². The number of halogens is 1.